The highest BCUT2D eigenvalue weighted by molar-refractivity contribution is 7.99. The number of aromatic nitrogens is 3. The summed E-state index contributed by atoms with van der Waals surface area (Å²) in [5.41, 5.74) is 2.57. The molecular weight excluding hydrogens is 456 g/mol. The quantitative estimate of drug-likeness (QED) is 0.423. The number of amides is 4. The largest absolute Gasteiger partial charge is 0.497 e. The number of imide groups is 1. The molecule has 10 nitrogen and oxygen atoms in total. The lowest BCUT2D eigenvalue weighted by atomic mass is 10.1. The van der Waals surface area contributed by atoms with Gasteiger partial charge in [0.05, 0.1) is 18.6 Å². The van der Waals surface area contributed by atoms with E-state index in [1.165, 1.54) is 11.8 Å². The smallest absolute Gasteiger partial charge is 0.321 e. The highest BCUT2D eigenvalue weighted by Gasteiger charge is 2.27. The third-order valence-electron chi connectivity index (χ3n) is 5.13. The predicted molar refractivity (Wildman–Crippen MR) is 127 cm³/mol. The van der Waals surface area contributed by atoms with Crippen LogP contribution in [0.1, 0.15) is 17.8 Å². The summed E-state index contributed by atoms with van der Waals surface area (Å²) in [4.78, 5) is 36.0. The number of anilines is 1. The van der Waals surface area contributed by atoms with Crippen LogP contribution in [0.4, 0.5) is 10.5 Å². The van der Waals surface area contributed by atoms with Gasteiger partial charge >= 0.3 is 6.03 Å². The van der Waals surface area contributed by atoms with E-state index in [0.717, 1.165) is 16.9 Å². The molecule has 0 aliphatic carbocycles. The zero-order chi connectivity index (χ0) is 24.1. The molecule has 11 heteroatoms. The summed E-state index contributed by atoms with van der Waals surface area (Å²) in [7, 11) is 1.58. The van der Waals surface area contributed by atoms with E-state index in [0.29, 0.717) is 23.2 Å². The van der Waals surface area contributed by atoms with Crippen molar-refractivity contribution in [1.82, 2.24) is 25.4 Å². The van der Waals surface area contributed by atoms with Gasteiger partial charge in [0.15, 0.2) is 5.16 Å². The van der Waals surface area contributed by atoms with Gasteiger partial charge in [-0.2, -0.15) is 0 Å². The van der Waals surface area contributed by atoms with Crippen LogP contribution in [0, 0.1) is 6.92 Å². The van der Waals surface area contributed by atoms with Gasteiger partial charge in [-0.3, -0.25) is 19.5 Å². The number of hydrogen-bond donors (Lipinski definition) is 3. The first-order valence-electron chi connectivity index (χ1n) is 10.6. The predicted octanol–water partition coefficient (Wildman–Crippen LogP) is 2.46. The van der Waals surface area contributed by atoms with E-state index in [-0.39, 0.29) is 24.0 Å². The molecule has 2 aromatic carbocycles. The maximum absolute atomic E-state index is 12.5. The SMILES string of the molecule is COc1cccc(-n2c(CC3CC(=O)NC(=O)N3)nnc2SCC(=O)Nc2ccc(C)cc2)c1. The lowest BCUT2D eigenvalue weighted by molar-refractivity contribution is -0.121. The maximum Gasteiger partial charge on any atom is 0.321 e. The number of benzene rings is 2. The molecule has 34 heavy (non-hydrogen) atoms. The zero-order valence-electron chi connectivity index (χ0n) is 18.7. The van der Waals surface area contributed by atoms with Gasteiger partial charge < -0.3 is 15.4 Å². The van der Waals surface area contributed by atoms with E-state index in [1.807, 2.05) is 60.0 Å². The number of nitrogens with zero attached hydrogens (tertiary/aromatic N) is 3. The summed E-state index contributed by atoms with van der Waals surface area (Å²) in [6.07, 6.45) is 0.428. The second kappa shape index (κ2) is 10.4. The number of methoxy groups -OCH3 is 1. The molecule has 1 unspecified atom stereocenters. The van der Waals surface area contributed by atoms with Crippen molar-refractivity contribution in [2.75, 3.05) is 18.2 Å². The minimum absolute atomic E-state index is 0.124. The fourth-order valence-electron chi connectivity index (χ4n) is 3.52. The Morgan fingerprint density at radius 2 is 2.00 bits per heavy atom. The number of urea groups is 1. The van der Waals surface area contributed by atoms with Gasteiger partial charge in [0.2, 0.25) is 11.8 Å². The Kier molecular flexibility index (Phi) is 7.12. The molecule has 1 aromatic heterocycles. The number of hydrogen-bond acceptors (Lipinski definition) is 7. The van der Waals surface area contributed by atoms with Crippen LogP contribution < -0.4 is 20.7 Å². The highest BCUT2D eigenvalue weighted by Crippen LogP contribution is 2.26. The summed E-state index contributed by atoms with van der Waals surface area (Å²) >= 11 is 1.24. The third kappa shape index (κ3) is 5.73. The number of thioether (sulfide) groups is 1. The lowest BCUT2D eigenvalue weighted by Crippen LogP contribution is -2.53. The molecule has 3 N–H and O–H groups in total. The number of carbonyl (C=O) groups excluding carboxylic acids is 3. The molecule has 0 radical (unpaired) electrons. The van der Waals surface area contributed by atoms with Crippen LogP contribution in [0.25, 0.3) is 5.69 Å². The topological polar surface area (TPSA) is 127 Å². The first kappa shape index (κ1) is 23.3. The lowest BCUT2D eigenvalue weighted by Gasteiger charge is -2.23. The number of aryl methyl sites for hydroxylation is 1. The Morgan fingerprint density at radius 1 is 1.21 bits per heavy atom. The number of nitrogens with one attached hydrogen (secondary N) is 3. The molecule has 3 aromatic rings. The zero-order valence-corrected chi connectivity index (χ0v) is 19.5. The Hall–Kier alpha value is -3.86. The van der Waals surface area contributed by atoms with Crippen LogP contribution >= 0.6 is 11.8 Å². The van der Waals surface area contributed by atoms with Crippen LogP contribution in [-0.2, 0) is 16.0 Å². The first-order valence-corrected chi connectivity index (χ1v) is 11.6. The van der Waals surface area contributed by atoms with Crippen molar-refractivity contribution < 1.29 is 19.1 Å². The molecule has 1 atom stereocenters. The molecule has 1 fully saturated rings. The Labute approximate surface area is 200 Å². The third-order valence-corrected chi connectivity index (χ3v) is 6.06. The van der Waals surface area contributed by atoms with Gasteiger partial charge in [0.25, 0.3) is 0 Å². The van der Waals surface area contributed by atoms with Gasteiger partial charge in [-0.25, -0.2) is 4.79 Å². The van der Waals surface area contributed by atoms with Crippen molar-refractivity contribution >= 4 is 35.3 Å². The second-order valence-corrected chi connectivity index (χ2v) is 8.71. The standard InChI is InChI=1S/C23H24N6O4S/c1-14-6-8-15(9-7-14)24-21(31)13-34-23-28-27-19(10-16-11-20(30)26-22(32)25-16)29(23)17-4-3-5-18(12-17)33-2/h3-9,12,16H,10-11,13H2,1-2H3,(H,24,31)(H2,25,26,30,32). The minimum Gasteiger partial charge on any atom is -0.497 e. The summed E-state index contributed by atoms with van der Waals surface area (Å²) in [5, 5.41) is 16.9. The van der Waals surface area contributed by atoms with Gasteiger partial charge in [0, 0.05) is 30.6 Å². The van der Waals surface area contributed by atoms with E-state index in [4.69, 9.17) is 4.74 Å². The van der Waals surface area contributed by atoms with Crippen molar-refractivity contribution in [3.8, 4) is 11.4 Å². The maximum atomic E-state index is 12.5. The van der Waals surface area contributed by atoms with Gasteiger partial charge in [-0.1, -0.05) is 35.5 Å². The molecule has 2 heterocycles. The Balaban J connectivity index is 1.55. The molecular formula is C23H24N6O4S. The fourth-order valence-corrected chi connectivity index (χ4v) is 4.29. The van der Waals surface area contributed by atoms with Crippen molar-refractivity contribution in [2.24, 2.45) is 0 Å². The van der Waals surface area contributed by atoms with E-state index >= 15 is 0 Å². The van der Waals surface area contributed by atoms with E-state index in [2.05, 4.69) is 26.1 Å². The molecule has 1 saturated heterocycles. The summed E-state index contributed by atoms with van der Waals surface area (Å²) < 4.78 is 7.16. The molecule has 176 valence electrons. The molecule has 0 spiro atoms. The summed E-state index contributed by atoms with van der Waals surface area (Å²) in [5.74, 6) is 0.805. The van der Waals surface area contributed by atoms with Crippen LogP contribution in [0.5, 0.6) is 5.75 Å². The molecule has 0 saturated carbocycles. The van der Waals surface area contributed by atoms with Gasteiger partial charge in [-0.05, 0) is 31.2 Å². The average molecular weight is 481 g/mol. The number of rotatable bonds is 8. The average Bonchev–Trinajstić information content (AvgIpc) is 3.21. The number of carbonyl (C=O) groups is 3. The summed E-state index contributed by atoms with van der Waals surface area (Å²) in [6, 6.07) is 14.0. The fraction of sp³-hybridized carbons (Fsp3) is 0.261. The molecule has 1 aliphatic heterocycles. The van der Waals surface area contributed by atoms with Crippen LogP contribution in [-0.4, -0.2) is 51.5 Å². The van der Waals surface area contributed by atoms with Crippen LogP contribution in [0.3, 0.4) is 0 Å². The van der Waals surface area contributed by atoms with E-state index in [9.17, 15) is 14.4 Å². The van der Waals surface area contributed by atoms with Gasteiger partial charge in [-0.15, -0.1) is 10.2 Å². The molecule has 1 aliphatic rings. The Bertz CT molecular complexity index is 1190. The van der Waals surface area contributed by atoms with E-state index in [1.54, 1.807) is 7.11 Å². The van der Waals surface area contributed by atoms with Crippen molar-refractivity contribution in [3.05, 3.63) is 59.9 Å². The Morgan fingerprint density at radius 3 is 2.74 bits per heavy atom. The van der Waals surface area contributed by atoms with Crippen LogP contribution in [0.15, 0.2) is 53.7 Å². The molecule has 0 bridgehead atoms. The molecule has 4 amide bonds. The van der Waals surface area contributed by atoms with Crippen molar-refractivity contribution in [3.63, 3.8) is 0 Å². The second-order valence-electron chi connectivity index (χ2n) is 7.77. The minimum atomic E-state index is -0.531. The number of ether oxygens (including phenoxy) is 1. The normalized spacial score (nSPS) is 15.4. The van der Waals surface area contributed by atoms with Crippen molar-refractivity contribution in [1.29, 1.82) is 0 Å². The molecule has 4 rings (SSSR count). The van der Waals surface area contributed by atoms with Crippen molar-refractivity contribution in [2.45, 2.75) is 31.0 Å². The van der Waals surface area contributed by atoms with E-state index < -0.39 is 12.1 Å². The van der Waals surface area contributed by atoms with Gasteiger partial charge in [0.1, 0.15) is 11.6 Å². The van der Waals surface area contributed by atoms with Crippen LogP contribution in [0.2, 0.25) is 0 Å². The monoisotopic (exact) mass is 480 g/mol. The first-order chi connectivity index (χ1) is 16.4. The summed E-state index contributed by atoms with van der Waals surface area (Å²) in [6.45, 7) is 1.98. The highest BCUT2D eigenvalue weighted by atomic mass is 32.2.